The Morgan fingerprint density at radius 3 is 2.65 bits per heavy atom. The Hall–Kier alpha value is -3.86. The first kappa shape index (κ1) is 17.0. The molecule has 1 aromatic heterocycles. The number of para-hydroxylation sites is 1. The lowest BCUT2D eigenvalue weighted by Crippen LogP contribution is -2.15. The molecule has 0 saturated heterocycles. The normalized spacial score (nSPS) is 10.0. The number of anilines is 3. The number of halogens is 2. The molecule has 0 atom stereocenters. The summed E-state index contributed by atoms with van der Waals surface area (Å²) in [6.45, 7) is 0. The highest BCUT2D eigenvalue weighted by Gasteiger charge is 2.12. The average molecular weight is 351 g/mol. The molecular weight excluding hydrogens is 340 g/mol. The molecule has 3 aromatic rings. The van der Waals surface area contributed by atoms with E-state index in [1.165, 1.54) is 18.3 Å². The van der Waals surface area contributed by atoms with Gasteiger partial charge in [0.15, 0.2) is 0 Å². The Morgan fingerprint density at radius 2 is 1.88 bits per heavy atom. The van der Waals surface area contributed by atoms with Gasteiger partial charge in [-0.1, -0.05) is 12.1 Å². The van der Waals surface area contributed by atoms with Crippen molar-refractivity contribution in [3.8, 4) is 6.07 Å². The lowest BCUT2D eigenvalue weighted by molar-refractivity contribution is 0.102. The van der Waals surface area contributed by atoms with E-state index in [1.807, 2.05) is 6.07 Å². The largest absolute Gasteiger partial charge is 0.322 e. The van der Waals surface area contributed by atoms with E-state index < -0.39 is 17.5 Å². The molecule has 2 N–H and O–H groups in total. The van der Waals surface area contributed by atoms with Gasteiger partial charge in [0.1, 0.15) is 23.4 Å². The second kappa shape index (κ2) is 7.36. The van der Waals surface area contributed by atoms with Gasteiger partial charge in [0, 0.05) is 12.3 Å². The van der Waals surface area contributed by atoms with Crippen molar-refractivity contribution in [1.82, 2.24) is 9.97 Å². The highest BCUT2D eigenvalue weighted by molar-refractivity contribution is 6.03. The van der Waals surface area contributed by atoms with Crippen LogP contribution in [-0.2, 0) is 0 Å². The number of amides is 1. The fourth-order valence-electron chi connectivity index (χ4n) is 2.13. The van der Waals surface area contributed by atoms with Crippen molar-refractivity contribution < 1.29 is 13.6 Å². The van der Waals surface area contributed by atoms with Crippen LogP contribution in [0.2, 0.25) is 0 Å². The fourth-order valence-corrected chi connectivity index (χ4v) is 2.13. The molecular formula is C18H11F2N5O. The van der Waals surface area contributed by atoms with Crippen LogP contribution in [0, 0.1) is 23.0 Å². The SMILES string of the molecule is N#Cc1ccccc1NC(=O)c1ccnc(Nc2ccc(F)cc2F)n1. The van der Waals surface area contributed by atoms with Crippen LogP contribution >= 0.6 is 0 Å². The van der Waals surface area contributed by atoms with Gasteiger partial charge in [-0.25, -0.2) is 18.7 Å². The van der Waals surface area contributed by atoms with Gasteiger partial charge < -0.3 is 10.6 Å². The van der Waals surface area contributed by atoms with Crippen LogP contribution in [0.5, 0.6) is 0 Å². The standard InChI is InChI=1S/C18H11F2N5O/c19-12-5-6-15(13(20)9-12)24-18-22-8-7-16(25-18)17(26)23-14-4-2-1-3-11(14)10-21/h1-9H,(H,23,26)(H,22,24,25). The van der Waals surface area contributed by atoms with E-state index in [0.717, 1.165) is 12.1 Å². The van der Waals surface area contributed by atoms with Crippen molar-refractivity contribution in [3.05, 3.63) is 77.6 Å². The summed E-state index contributed by atoms with van der Waals surface area (Å²) in [7, 11) is 0. The van der Waals surface area contributed by atoms with Crippen molar-refractivity contribution in [2.45, 2.75) is 0 Å². The van der Waals surface area contributed by atoms with Crippen molar-refractivity contribution >= 4 is 23.2 Å². The molecule has 0 unspecified atom stereocenters. The zero-order valence-corrected chi connectivity index (χ0v) is 13.2. The highest BCUT2D eigenvalue weighted by Crippen LogP contribution is 2.19. The minimum Gasteiger partial charge on any atom is -0.322 e. The van der Waals surface area contributed by atoms with Gasteiger partial charge in [-0.15, -0.1) is 0 Å². The predicted molar refractivity (Wildman–Crippen MR) is 90.8 cm³/mol. The summed E-state index contributed by atoms with van der Waals surface area (Å²) in [6, 6.07) is 12.9. The Kier molecular flexibility index (Phi) is 4.80. The average Bonchev–Trinajstić information content (AvgIpc) is 2.65. The third-order valence-corrected chi connectivity index (χ3v) is 3.36. The van der Waals surface area contributed by atoms with Crippen LogP contribution in [0.25, 0.3) is 0 Å². The molecule has 0 aliphatic heterocycles. The summed E-state index contributed by atoms with van der Waals surface area (Å²) in [6.07, 6.45) is 1.32. The molecule has 0 aliphatic carbocycles. The molecule has 8 heteroatoms. The smallest absolute Gasteiger partial charge is 0.274 e. The number of carbonyl (C=O) groups is 1. The van der Waals surface area contributed by atoms with Crippen LogP contribution in [0.4, 0.5) is 26.1 Å². The van der Waals surface area contributed by atoms with Crippen molar-refractivity contribution in [2.24, 2.45) is 0 Å². The number of aromatic nitrogens is 2. The van der Waals surface area contributed by atoms with Crippen LogP contribution in [0.15, 0.2) is 54.7 Å². The maximum absolute atomic E-state index is 13.7. The van der Waals surface area contributed by atoms with Crippen molar-refractivity contribution in [1.29, 1.82) is 5.26 Å². The molecule has 1 amide bonds. The summed E-state index contributed by atoms with van der Waals surface area (Å²) in [5.41, 5.74) is 0.635. The molecule has 0 saturated carbocycles. The summed E-state index contributed by atoms with van der Waals surface area (Å²) in [5, 5.41) is 14.2. The van der Waals surface area contributed by atoms with E-state index >= 15 is 0 Å². The monoisotopic (exact) mass is 351 g/mol. The van der Waals surface area contributed by atoms with E-state index in [9.17, 15) is 13.6 Å². The summed E-state index contributed by atoms with van der Waals surface area (Å²) >= 11 is 0. The Labute approximate surface area is 147 Å². The fraction of sp³-hybridized carbons (Fsp3) is 0. The molecule has 3 rings (SSSR count). The van der Waals surface area contributed by atoms with Crippen LogP contribution < -0.4 is 10.6 Å². The van der Waals surface area contributed by atoms with E-state index in [0.29, 0.717) is 11.3 Å². The van der Waals surface area contributed by atoms with E-state index in [-0.39, 0.29) is 17.3 Å². The minimum absolute atomic E-state index is 0.0118. The number of benzene rings is 2. The van der Waals surface area contributed by atoms with Crippen molar-refractivity contribution in [3.63, 3.8) is 0 Å². The topological polar surface area (TPSA) is 90.7 Å². The first-order valence-electron chi connectivity index (χ1n) is 7.42. The zero-order valence-electron chi connectivity index (χ0n) is 13.2. The Morgan fingerprint density at radius 1 is 1.08 bits per heavy atom. The molecule has 1 heterocycles. The number of rotatable bonds is 4. The van der Waals surface area contributed by atoms with Gasteiger partial charge >= 0.3 is 0 Å². The van der Waals surface area contributed by atoms with E-state index in [1.54, 1.807) is 24.3 Å². The summed E-state index contributed by atoms with van der Waals surface area (Å²) in [5.74, 6) is -2.11. The first-order valence-corrected chi connectivity index (χ1v) is 7.42. The number of nitriles is 1. The lowest BCUT2D eigenvalue weighted by atomic mass is 10.2. The predicted octanol–water partition coefficient (Wildman–Crippen LogP) is 3.62. The van der Waals surface area contributed by atoms with Gasteiger partial charge in [0.05, 0.1) is 16.9 Å². The van der Waals surface area contributed by atoms with E-state index in [4.69, 9.17) is 5.26 Å². The third kappa shape index (κ3) is 3.79. The Bertz CT molecular complexity index is 1020. The molecule has 0 spiro atoms. The Balaban J connectivity index is 1.80. The second-order valence-corrected chi connectivity index (χ2v) is 5.13. The molecule has 128 valence electrons. The second-order valence-electron chi connectivity index (χ2n) is 5.13. The maximum Gasteiger partial charge on any atom is 0.274 e. The van der Waals surface area contributed by atoms with Gasteiger partial charge in [-0.2, -0.15) is 5.26 Å². The molecule has 0 bridgehead atoms. The summed E-state index contributed by atoms with van der Waals surface area (Å²) < 4.78 is 26.6. The molecule has 26 heavy (non-hydrogen) atoms. The zero-order chi connectivity index (χ0) is 18.5. The number of nitrogens with one attached hydrogen (secondary N) is 2. The minimum atomic E-state index is -0.814. The van der Waals surface area contributed by atoms with Crippen molar-refractivity contribution in [2.75, 3.05) is 10.6 Å². The van der Waals surface area contributed by atoms with Crippen LogP contribution in [0.3, 0.4) is 0 Å². The number of hydrogen-bond acceptors (Lipinski definition) is 5. The first-order chi connectivity index (χ1) is 12.6. The molecule has 0 radical (unpaired) electrons. The number of nitrogens with zero attached hydrogens (tertiary/aromatic N) is 3. The number of hydrogen-bond donors (Lipinski definition) is 2. The third-order valence-electron chi connectivity index (χ3n) is 3.36. The van der Waals surface area contributed by atoms with Gasteiger partial charge in [-0.3, -0.25) is 4.79 Å². The van der Waals surface area contributed by atoms with Crippen LogP contribution in [0.1, 0.15) is 16.1 Å². The van der Waals surface area contributed by atoms with Gasteiger partial charge in [0.2, 0.25) is 5.95 Å². The molecule has 0 aliphatic rings. The lowest BCUT2D eigenvalue weighted by Gasteiger charge is -2.09. The van der Waals surface area contributed by atoms with Gasteiger partial charge in [-0.05, 0) is 30.3 Å². The number of carbonyl (C=O) groups excluding carboxylic acids is 1. The quantitative estimate of drug-likeness (QED) is 0.749. The summed E-state index contributed by atoms with van der Waals surface area (Å²) in [4.78, 5) is 20.2. The highest BCUT2D eigenvalue weighted by atomic mass is 19.1. The molecule has 0 fully saturated rings. The van der Waals surface area contributed by atoms with Crippen LogP contribution in [-0.4, -0.2) is 15.9 Å². The van der Waals surface area contributed by atoms with E-state index in [2.05, 4.69) is 20.6 Å². The molecule has 2 aromatic carbocycles. The maximum atomic E-state index is 13.7. The molecule has 6 nitrogen and oxygen atoms in total. The van der Waals surface area contributed by atoms with Gasteiger partial charge in [0.25, 0.3) is 5.91 Å².